The van der Waals surface area contributed by atoms with Crippen molar-refractivity contribution in [2.75, 3.05) is 7.11 Å². The first-order chi connectivity index (χ1) is 6.22. The molecule has 0 saturated heterocycles. The van der Waals surface area contributed by atoms with E-state index in [1.165, 1.54) is 7.11 Å². The van der Waals surface area contributed by atoms with Crippen LogP contribution in [0, 0.1) is 18.3 Å². The summed E-state index contributed by atoms with van der Waals surface area (Å²) < 4.78 is 5.03. The van der Waals surface area contributed by atoms with E-state index < -0.39 is 0 Å². The van der Waals surface area contributed by atoms with Gasteiger partial charge in [0.2, 0.25) is 0 Å². The first kappa shape index (κ1) is 9.56. The maximum Gasteiger partial charge on any atom is 0.137 e. The smallest absolute Gasteiger partial charge is 0.137 e. The molecule has 0 atom stereocenters. The minimum absolute atomic E-state index is 0.138. The molecule has 0 aliphatic carbocycles. The number of hydrogen-bond acceptors (Lipinski definition) is 3. The van der Waals surface area contributed by atoms with Crippen molar-refractivity contribution in [2.45, 2.75) is 13.5 Å². The van der Waals surface area contributed by atoms with Gasteiger partial charge in [0.15, 0.2) is 0 Å². The Bertz CT molecular complexity index is 327. The number of benzene rings is 1. The number of aliphatic hydroxyl groups is 1. The molecule has 1 aromatic carbocycles. The van der Waals surface area contributed by atoms with Crippen LogP contribution in [0.5, 0.6) is 5.75 Å². The first-order valence-corrected chi connectivity index (χ1v) is 3.91. The van der Waals surface area contributed by atoms with E-state index in [-0.39, 0.29) is 6.61 Å². The minimum Gasteiger partial charge on any atom is -0.495 e. The third kappa shape index (κ3) is 1.79. The zero-order valence-corrected chi connectivity index (χ0v) is 7.66. The molecular formula is C10H11NO2. The van der Waals surface area contributed by atoms with Gasteiger partial charge in [0, 0.05) is 0 Å². The number of methoxy groups -OCH3 is 1. The van der Waals surface area contributed by atoms with Crippen LogP contribution in [0.2, 0.25) is 0 Å². The Morgan fingerprint density at radius 3 is 2.69 bits per heavy atom. The SMILES string of the molecule is COc1cc(C)cc(CO)c1C#N. The molecule has 0 amide bonds. The molecule has 13 heavy (non-hydrogen) atoms. The Labute approximate surface area is 77.2 Å². The van der Waals surface area contributed by atoms with Crippen LogP contribution in [0.1, 0.15) is 16.7 Å². The largest absolute Gasteiger partial charge is 0.495 e. The highest BCUT2D eigenvalue weighted by Gasteiger charge is 2.08. The molecule has 1 aromatic rings. The van der Waals surface area contributed by atoms with Crippen LogP contribution in [-0.2, 0) is 6.61 Å². The summed E-state index contributed by atoms with van der Waals surface area (Å²) in [6, 6.07) is 5.56. The number of hydrogen-bond donors (Lipinski definition) is 1. The van der Waals surface area contributed by atoms with Gasteiger partial charge in [-0.1, -0.05) is 6.07 Å². The monoisotopic (exact) mass is 177 g/mol. The van der Waals surface area contributed by atoms with E-state index in [1.54, 1.807) is 12.1 Å². The van der Waals surface area contributed by atoms with Gasteiger partial charge in [-0.05, 0) is 24.1 Å². The fraction of sp³-hybridized carbons (Fsp3) is 0.300. The van der Waals surface area contributed by atoms with Gasteiger partial charge in [-0.15, -0.1) is 0 Å². The molecule has 0 unspecified atom stereocenters. The van der Waals surface area contributed by atoms with Gasteiger partial charge in [-0.25, -0.2) is 0 Å². The van der Waals surface area contributed by atoms with Crippen LogP contribution >= 0.6 is 0 Å². The molecule has 0 aliphatic rings. The van der Waals surface area contributed by atoms with Crippen LogP contribution in [-0.4, -0.2) is 12.2 Å². The molecule has 0 radical (unpaired) electrons. The number of nitriles is 1. The highest BCUT2D eigenvalue weighted by atomic mass is 16.5. The van der Waals surface area contributed by atoms with E-state index in [1.807, 2.05) is 13.0 Å². The Morgan fingerprint density at radius 2 is 2.23 bits per heavy atom. The molecule has 0 bridgehead atoms. The van der Waals surface area contributed by atoms with Crippen LogP contribution in [0.3, 0.4) is 0 Å². The van der Waals surface area contributed by atoms with Crippen molar-refractivity contribution in [3.63, 3.8) is 0 Å². The van der Waals surface area contributed by atoms with Gasteiger partial charge in [0.1, 0.15) is 11.8 Å². The zero-order valence-electron chi connectivity index (χ0n) is 7.66. The highest BCUT2D eigenvalue weighted by molar-refractivity contribution is 5.50. The molecule has 1 rings (SSSR count). The minimum atomic E-state index is -0.138. The number of aliphatic hydroxyl groups excluding tert-OH is 1. The highest BCUT2D eigenvalue weighted by Crippen LogP contribution is 2.23. The van der Waals surface area contributed by atoms with E-state index in [2.05, 4.69) is 0 Å². The van der Waals surface area contributed by atoms with Crippen LogP contribution in [0.15, 0.2) is 12.1 Å². The summed E-state index contributed by atoms with van der Waals surface area (Å²) in [7, 11) is 1.51. The lowest BCUT2D eigenvalue weighted by Crippen LogP contribution is -1.95. The number of ether oxygens (including phenoxy) is 1. The zero-order chi connectivity index (χ0) is 9.84. The summed E-state index contributed by atoms with van der Waals surface area (Å²) in [6.07, 6.45) is 0. The maximum absolute atomic E-state index is 8.99. The molecule has 0 spiro atoms. The molecule has 0 aliphatic heterocycles. The second kappa shape index (κ2) is 3.92. The van der Waals surface area contributed by atoms with Gasteiger partial charge in [0.25, 0.3) is 0 Å². The average molecular weight is 177 g/mol. The second-order valence-corrected chi connectivity index (χ2v) is 2.77. The molecule has 0 heterocycles. The number of aryl methyl sites for hydroxylation is 1. The third-order valence-electron chi connectivity index (χ3n) is 1.83. The van der Waals surface area contributed by atoms with E-state index in [0.29, 0.717) is 16.9 Å². The lowest BCUT2D eigenvalue weighted by molar-refractivity contribution is 0.280. The molecule has 0 fully saturated rings. The van der Waals surface area contributed by atoms with Crippen molar-refractivity contribution in [1.29, 1.82) is 5.26 Å². The first-order valence-electron chi connectivity index (χ1n) is 3.91. The van der Waals surface area contributed by atoms with Crippen molar-refractivity contribution in [2.24, 2.45) is 0 Å². The normalized spacial score (nSPS) is 9.38. The molecule has 68 valence electrons. The third-order valence-corrected chi connectivity index (χ3v) is 1.83. The van der Waals surface area contributed by atoms with Crippen molar-refractivity contribution in [1.82, 2.24) is 0 Å². The number of nitrogens with zero attached hydrogens (tertiary/aromatic N) is 1. The van der Waals surface area contributed by atoms with E-state index in [4.69, 9.17) is 15.1 Å². The molecule has 0 saturated carbocycles. The molecule has 3 nitrogen and oxygen atoms in total. The standard InChI is InChI=1S/C10H11NO2/c1-7-3-8(6-12)9(5-11)10(4-7)13-2/h3-4,12H,6H2,1-2H3. The predicted octanol–water partition coefficient (Wildman–Crippen LogP) is 1.37. The Hall–Kier alpha value is -1.53. The second-order valence-electron chi connectivity index (χ2n) is 2.77. The predicted molar refractivity (Wildman–Crippen MR) is 48.4 cm³/mol. The van der Waals surface area contributed by atoms with Gasteiger partial charge >= 0.3 is 0 Å². The Morgan fingerprint density at radius 1 is 1.54 bits per heavy atom. The maximum atomic E-state index is 8.99. The molecular weight excluding hydrogens is 166 g/mol. The lowest BCUT2D eigenvalue weighted by Gasteiger charge is -2.07. The van der Waals surface area contributed by atoms with Crippen molar-refractivity contribution in [3.05, 3.63) is 28.8 Å². The average Bonchev–Trinajstić information content (AvgIpc) is 2.16. The van der Waals surface area contributed by atoms with E-state index >= 15 is 0 Å². The summed E-state index contributed by atoms with van der Waals surface area (Å²) in [5.74, 6) is 0.520. The van der Waals surface area contributed by atoms with Crippen LogP contribution < -0.4 is 4.74 Å². The van der Waals surface area contributed by atoms with Crippen molar-refractivity contribution < 1.29 is 9.84 Å². The molecule has 0 aromatic heterocycles. The van der Waals surface area contributed by atoms with Crippen LogP contribution in [0.25, 0.3) is 0 Å². The van der Waals surface area contributed by atoms with Crippen molar-refractivity contribution >= 4 is 0 Å². The summed E-state index contributed by atoms with van der Waals surface area (Å²) in [4.78, 5) is 0. The molecule has 1 N–H and O–H groups in total. The lowest BCUT2D eigenvalue weighted by atomic mass is 10.0. The van der Waals surface area contributed by atoms with Crippen molar-refractivity contribution in [3.8, 4) is 11.8 Å². The summed E-state index contributed by atoms with van der Waals surface area (Å²) in [5.41, 5.74) is 2.00. The van der Waals surface area contributed by atoms with Crippen LogP contribution in [0.4, 0.5) is 0 Å². The van der Waals surface area contributed by atoms with Gasteiger partial charge in [-0.2, -0.15) is 5.26 Å². The van der Waals surface area contributed by atoms with Gasteiger partial charge < -0.3 is 9.84 Å². The fourth-order valence-electron chi connectivity index (χ4n) is 1.24. The van der Waals surface area contributed by atoms with E-state index in [0.717, 1.165) is 5.56 Å². The summed E-state index contributed by atoms with van der Waals surface area (Å²) in [6.45, 7) is 1.75. The summed E-state index contributed by atoms with van der Waals surface area (Å²) in [5, 5.41) is 17.8. The van der Waals surface area contributed by atoms with E-state index in [9.17, 15) is 0 Å². The Balaban J connectivity index is 3.36. The quantitative estimate of drug-likeness (QED) is 0.742. The van der Waals surface area contributed by atoms with Gasteiger partial charge in [-0.3, -0.25) is 0 Å². The summed E-state index contributed by atoms with van der Waals surface area (Å²) >= 11 is 0. The molecule has 3 heteroatoms. The number of rotatable bonds is 2. The van der Waals surface area contributed by atoms with Gasteiger partial charge in [0.05, 0.1) is 19.3 Å². The topological polar surface area (TPSA) is 53.2 Å². The fourth-order valence-corrected chi connectivity index (χ4v) is 1.24. The Kier molecular flexibility index (Phi) is 2.88.